The molecular weight excluding hydrogens is 526 g/mol. The molecule has 0 radical (unpaired) electrons. The number of carboxylic acids is 1. The quantitative estimate of drug-likeness (QED) is 0.356. The number of hydrogen-bond donors (Lipinski definition) is 2. The molecule has 0 unspecified atom stereocenters. The van der Waals surface area contributed by atoms with Crippen LogP contribution in [0.15, 0.2) is 84.9 Å². The van der Waals surface area contributed by atoms with Crippen LogP contribution in [0.4, 0.5) is 0 Å². The van der Waals surface area contributed by atoms with Crippen LogP contribution in [0, 0.1) is 5.92 Å². The van der Waals surface area contributed by atoms with E-state index in [4.69, 9.17) is 14.6 Å². The fourth-order valence-corrected chi connectivity index (χ4v) is 4.49. The summed E-state index contributed by atoms with van der Waals surface area (Å²) in [7, 11) is 0. The Kier molecular flexibility index (Phi) is 12.1. The maximum Gasteiger partial charge on any atom is 0.347 e. The molecule has 0 amide bonds. The number of benzene rings is 3. The SMILES string of the molecule is Cl.O=C(O)COc1cccc([C@](O)(C(=O)OCC2CCN(Cc3ccccc3)CC2)c2ccccc2)c1.S. The highest BCUT2D eigenvalue weighted by Crippen LogP contribution is 2.33. The van der Waals surface area contributed by atoms with Crippen molar-refractivity contribution in [3.8, 4) is 5.75 Å². The molecule has 204 valence electrons. The number of aliphatic hydroxyl groups is 1. The molecule has 3 aromatic rings. The van der Waals surface area contributed by atoms with E-state index in [1.807, 2.05) is 18.2 Å². The highest BCUT2D eigenvalue weighted by Gasteiger charge is 2.42. The Morgan fingerprint density at radius 2 is 1.50 bits per heavy atom. The van der Waals surface area contributed by atoms with Gasteiger partial charge in [-0.05, 0) is 55.1 Å². The number of carbonyl (C=O) groups is 2. The van der Waals surface area contributed by atoms with Crippen LogP contribution in [0.5, 0.6) is 5.75 Å². The van der Waals surface area contributed by atoms with Crippen LogP contribution in [0.25, 0.3) is 0 Å². The number of piperidine rings is 1. The molecule has 1 fully saturated rings. The Bertz CT molecular complexity index is 1160. The molecular formula is C29H34ClNO6S. The lowest BCUT2D eigenvalue weighted by atomic mass is 9.86. The van der Waals surface area contributed by atoms with Crippen molar-refractivity contribution >= 4 is 37.8 Å². The van der Waals surface area contributed by atoms with Gasteiger partial charge in [-0.3, -0.25) is 4.90 Å². The minimum atomic E-state index is -2.06. The zero-order valence-corrected chi connectivity index (χ0v) is 22.8. The summed E-state index contributed by atoms with van der Waals surface area (Å²) in [5.41, 5.74) is -0.162. The summed E-state index contributed by atoms with van der Waals surface area (Å²) in [6.07, 6.45) is 1.81. The molecule has 4 rings (SSSR count). The lowest BCUT2D eigenvalue weighted by Gasteiger charge is -2.33. The van der Waals surface area contributed by atoms with Gasteiger partial charge in [0.15, 0.2) is 6.61 Å². The summed E-state index contributed by atoms with van der Waals surface area (Å²) in [5.74, 6) is -1.43. The normalized spacial score (nSPS) is 15.3. The molecule has 0 aromatic heterocycles. The van der Waals surface area contributed by atoms with Gasteiger partial charge in [-0.15, -0.1) is 12.4 Å². The van der Waals surface area contributed by atoms with Gasteiger partial charge in [0.1, 0.15) is 5.75 Å². The molecule has 0 saturated carbocycles. The summed E-state index contributed by atoms with van der Waals surface area (Å²) < 4.78 is 11.0. The monoisotopic (exact) mass is 559 g/mol. The number of esters is 1. The van der Waals surface area contributed by atoms with Crippen LogP contribution >= 0.6 is 25.9 Å². The van der Waals surface area contributed by atoms with Crippen molar-refractivity contribution in [3.05, 3.63) is 102 Å². The van der Waals surface area contributed by atoms with Gasteiger partial charge in [0, 0.05) is 12.1 Å². The summed E-state index contributed by atoms with van der Waals surface area (Å²) in [4.78, 5) is 26.7. The number of carboxylic acid groups (broad SMARTS) is 1. The minimum absolute atomic E-state index is 0. The fourth-order valence-electron chi connectivity index (χ4n) is 4.49. The molecule has 7 nitrogen and oxygen atoms in total. The molecule has 1 aliphatic rings. The van der Waals surface area contributed by atoms with Crippen molar-refractivity contribution in [2.75, 3.05) is 26.3 Å². The Morgan fingerprint density at radius 1 is 0.895 bits per heavy atom. The molecule has 2 N–H and O–H groups in total. The predicted octanol–water partition coefficient (Wildman–Crippen LogP) is 4.38. The predicted molar refractivity (Wildman–Crippen MR) is 152 cm³/mol. The van der Waals surface area contributed by atoms with Gasteiger partial charge >= 0.3 is 11.9 Å². The summed E-state index contributed by atoms with van der Waals surface area (Å²) in [5, 5.41) is 20.6. The average Bonchev–Trinajstić information content (AvgIpc) is 2.92. The van der Waals surface area contributed by atoms with Gasteiger partial charge in [0.05, 0.1) is 6.61 Å². The number of likely N-dealkylation sites (tertiary alicyclic amines) is 1. The van der Waals surface area contributed by atoms with E-state index in [1.165, 1.54) is 11.6 Å². The van der Waals surface area contributed by atoms with E-state index >= 15 is 0 Å². The first-order valence-corrected chi connectivity index (χ1v) is 12.1. The number of halogens is 1. The van der Waals surface area contributed by atoms with Crippen molar-refractivity contribution in [2.24, 2.45) is 5.92 Å². The van der Waals surface area contributed by atoms with E-state index in [1.54, 1.807) is 48.5 Å². The van der Waals surface area contributed by atoms with Crippen molar-refractivity contribution in [1.82, 2.24) is 4.90 Å². The largest absolute Gasteiger partial charge is 0.482 e. The second kappa shape index (κ2) is 14.8. The van der Waals surface area contributed by atoms with Crippen molar-refractivity contribution in [3.63, 3.8) is 0 Å². The number of nitrogens with zero attached hydrogens (tertiary/aromatic N) is 1. The first kappa shape index (κ1) is 31.2. The second-order valence-corrected chi connectivity index (χ2v) is 9.09. The number of rotatable bonds is 10. The maximum atomic E-state index is 13.4. The maximum absolute atomic E-state index is 13.4. The number of aliphatic carboxylic acids is 1. The van der Waals surface area contributed by atoms with Gasteiger partial charge in [-0.1, -0.05) is 72.8 Å². The highest BCUT2D eigenvalue weighted by molar-refractivity contribution is 7.59. The van der Waals surface area contributed by atoms with E-state index in [-0.39, 0.29) is 49.7 Å². The molecule has 1 heterocycles. The van der Waals surface area contributed by atoms with E-state index in [9.17, 15) is 14.7 Å². The van der Waals surface area contributed by atoms with Gasteiger partial charge in [-0.25, -0.2) is 9.59 Å². The molecule has 3 aromatic carbocycles. The van der Waals surface area contributed by atoms with Crippen LogP contribution < -0.4 is 4.74 Å². The van der Waals surface area contributed by atoms with Crippen molar-refractivity contribution in [1.29, 1.82) is 0 Å². The van der Waals surface area contributed by atoms with Crippen molar-refractivity contribution < 1.29 is 29.3 Å². The van der Waals surface area contributed by atoms with Gasteiger partial charge < -0.3 is 19.7 Å². The number of ether oxygens (including phenoxy) is 2. The number of hydrogen-bond acceptors (Lipinski definition) is 6. The molecule has 1 aliphatic heterocycles. The smallest absolute Gasteiger partial charge is 0.347 e. The molecule has 0 aliphatic carbocycles. The molecule has 0 bridgehead atoms. The lowest BCUT2D eigenvalue weighted by Crippen LogP contribution is -2.40. The van der Waals surface area contributed by atoms with Crippen LogP contribution in [-0.2, 0) is 26.5 Å². The summed E-state index contributed by atoms with van der Waals surface area (Å²) in [6.45, 7) is 2.44. The Morgan fingerprint density at radius 3 is 2.13 bits per heavy atom. The van der Waals surface area contributed by atoms with E-state index in [0.29, 0.717) is 5.56 Å². The zero-order valence-electron chi connectivity index (χ0n) is 21.0. The van der Waals surface area contributed by atoms with Crippen LogP contribution in [0.3, 0.4) is 0 Å². The minimum Gasteiger partial charge on any atom is -0.482 e. The average molecular weight is 560 g/mol. The molecule has 1 atom stereocenters. The summed E-state index contributed by atoms with van der Waals surface area (Å²) >= 11 is 0. The highest BCUT2D eigenvalue weighted by atomic mass is 35.5. The Hall–Kier alpha value is -3.04. The van der Waals surface area contributed by atoms with E-state index in [0.717, 1.165) is 32.5 Å². The second-order valence-electron chi connectivity index (χ2n) is 9.09. The fraction of sp³-hybridized carbons (Fsp3) is 0.310. The third-order valence-electron chi connectivity index (χ3n) is 6.51. The molecule has 0 spiro atoms. The van der Waals surface area contributed by atoms with E-state index < -0.39 is 24.1 Å². The lowest BCUT2D eigenvalue weighted by molar-refractivity contribution is -0.164. The standard InChI is InChI=1S/C29H31NO6.ClH.H2S/c31-27(32)21-35-26-13-7-12-25(18-26)29(34,24-10-5-2-6-11-24)28(33)36-20-23-14-16-30(17-15-23)19-22-8-3-1-4-9-22;;/h1-13,18,23,34H,14-17,19-21H2,(H,31,32);1H;1H2/t29-;;/m0../s1. The van der Waals surface area contributed by atoms with Gasteiger partial charge in [0.2, 0.25) is 5.60 Å². The van der Waals surface area contributed by atoms with Crippen LogP contribution in [0.2, 0.25) is 0 Å². The topological polar surface area (TPSA) is 96.3 Å². The molecule has 9 heteroatoms. The number of carbonyl (C=O) groups excluding carboxylic acids is 1. The summed E-state index contributed by atoms with van der Waals surface area (Å²) in [6, 6.07) is 25.2. The Labute approximate surface area is 236 Å². The van der Waals surface area contributed by atoms with Crippen LogP contribution in [-0.4, -0.2) is 53.4 Å². The van der Waals surface area contributed by atoms with Gasteiger partial charge in [-0.2, -0.15) is 13.5 Å². The molecule has 38 heavy (non-hydrogen) atoms. The third-order valence-corrected chi connectivity index (χ3v) is 6.51. The third kappa shape index (κ3) is 7.98. The zero-order chi connectivity index (χ0) is 25.4. The Balaban J connectivity index is 0.00000253. The van der Waals surface area contributed by atoms with Crippen molar-refractivity contribution in [2.45, 2.75) is 25.0 Å². The molecule has 1 saturated heterocycles. The van der Waals surface area contributed by atoms with Crippen LogP contribution in [0.1, 0.15) is 29.5 Å². The van der Waals surface area contributed by atoms with E-state index in [2.05, 4.69) is 17.0 Å². The van der Waals surface area contributed by atoms with Gasteiger partial charge in [0.25, 0.3) is 0 Å². The first-order valence-electron chi connectivity index (χ1n) is 12.1. The first-order chi connectivity index (χ1) is 17.4.